The summed E-state index contributed by atoms with van der Waals surface area (Å²) < 4.78 is 0. The third-order valence-electron chi connectivity index (χ3n) is 2.65. The first-order valence-corrected chi connectivity index (χ1v) is 5.22. The molecule has 1 aliphatic rings. The van der Waals surface area contributed by atoms with Gasteiger partial charge in [-0.3, -0.25) is 0 Å². The molecule has 0 saturated carbocycles. The third kappa shape index (κ3) is 3.68. The van der Waals surface area contributed by atoms with Crippen LogP contribution in [0.5, 0.6) is 0 Å². The van der Waals surface area contributed by atoms with Crippen LogP contribution in [-0.2, 0) is 0 Å². The Morgan fingerprint density at radius 3 is 3.00 bits per heavy atom. The van der Waals surface area contributed by atoms with Crippen LogP contribution in [0.1, 0.15) is 12.0 Å². The number of halogens is 1. The maximum Gasteiger partial charge on any atom is 0.125 e. The predicted octanol–water partition coefficient (Wildman–Crippen LogP) is 1.83. The average Bonchev–Trinajstić information content (AvgIpc) is 2.70. The Morgan fingerprint density at radius 2 is 2.40 bits per heavy atom. The molecular formula is C11H18ClN3. The summed E-state index contributed by atoms with van der Waals surface area (Å²) in [5.74, 6) is 1.75. The molecule has 1 fully saturated rings. The van der Waals surface area contributed by atoms with E-state index in [0.717, 1.165) is 31.4 Å². The van der Waals surface area contributed by atoms with E-state index >= 15 is 0 Å². The fourth-order valence-electron chi connectivity index (χ4n) is 1.71. The van der Waals surface area contributed by atoms with Crippen LogP contribution in [0, 0.1) is 12.8 Å². The van der Waals surface area contributed by atoms with Gasteiger partial charge in [0, 0.05) is 12.7 Å². The zero-order valence-corrected chi connectivity index (χ0v) is 9.81. The summed E-state index contributed by atoms with van der Waals surface area (Å²) in [6, 6.07) is 4.12. The number of anilines is 1. The van der Waals surface area contributed by atoms with Gasteiger partial charge >= 0.3 is 0 Å². The molecule has 2 N–H and O–H groups in total. The quantitative estimate of drug-likeness (QED) is 0.828. The number of nitrogens with zero attached hydrogens (tertiary/aromatic N) is 1. The monoisotopic (exact) mass is 227 g/mol. The molecule has 1 aromatic heterocycles. The Kier molecular flexibility index (Phi) is 4.85. The van der Waals surface area contributed by atoms with Crippen LogP contribution in [-0.4, -0.2) is 24.6 Å². The van der Waals surface area contributed by atoms with E-state index in [-0.39, 0.29) is 12.4 Å². The highest BCUT2D eigenvalue weighted by atomic mass is 35.5. The van der Waals surface area contributed by atoms with E-state index in [4.69, 9.17) is 0 Å². The highest BCUT2D eigenvalue weighted by molar-refractivity contribution is 5.85. The standard InChI is InChI=1S/C11H17N3.ClH/c1-9-2-3-11(13-6-9)14-8-10-4-5-12-7-10;/h2-3,6,10,12H,4-5,7-8H2,1H3,(H,13,14);1H. The Labute approximate surface area is 97.1 Å². The van der Waals surface area contributed by atoms with Crippen molar-refractivity contribution >= 4 is 18.2 Å². The summed E-state index contributed by atoms with van der Waals surface area (Å²) in [5, 5.41) is 6.72. The Bertz CT molecular complexity index is 280. The van der Waals surface area contributed by atoms with Gasteiger partial charge in [-0.2, -0.15) is 0 Å². The summed E-state index contributed by atoms with van der Waals surface area (Å²) in [7, 11) is 0. The van der Waals surface area contributed by atoms with Gasteiger partial charge in [0.05, 0.1) is 0 Å². The normalized spacial score (nSPS) is 19.7. The molecule has 0 bridgehead atoms. The topological polar surface area (TPSA) is 37.0 Å². The van der Waals surface area contributed by atoms with Crippen molar-refractivity contribution in [1.29, 1.82) is 0 Å². The summed E-state index contributed by atoms with van der Waals surface area (Å²) in [6.07, 6.45) is 3.17. The van der Waals surface area contributed by atoms with Gasteiger partial charge < -0.3 is 10.6 Å². The van der Waals surface area contributed by atoms with Gasteiger partial charge in [-0.05, 0) is 44.0 Å². The van der Waals surface area contributed by atoms with Gasteiger partial charge in [-0.15, -0.1) is 12.4 Å². The first-order chi connectivity index (χ1) is 6.84. The molecule has 84 valence electrons. The van der Waals surface area contributed by atoms with Crippen molar-refractivity contribution in [2.75, 3.05) is 25.0 Å². The second kappa shape index (κ2) is 5.93. The van der Waals surface area contributed by atoms with Gasteiger partial charge in [-0.25, -0.2) is 4.98 Å². The lowest BCUT2D eigenvalue weighted by Gasteiger charge is -2.10. The van der Waals surface area contributed by atoms with Crippen molar-refractivity contribution in [3.05, 3.63) is 23.9 Å². The Hall–Kier alpha value is -0.800. The van der Waals surface area contributed by atoms with E-state index < -0.39 is 0 Å². The molecule has 0 aliphatic carbocycles. The van der Waals surface area contributed by atoms with Gasteiger partial charge in [0.2, 0.25) is 0 Å². The zero-order chi connectivity index (χ0) is 9.80. The van der Waals surface area contributed by atoms with E-state index in [1.807, 2.05) is 12.3 Å². The van der Waals surface area contributed by atoms with Crippen LogP contribution in [0.4, 0.5) is 5.82 Å². The van der Waals surface area contributed by atoms with Gasteiger partial charge in [-0.1, -0.05) is 6.07 Å². The fraction of sp³-hybridized carbons (Fsp3) is 0.545. The van der Waals surface area contributed by atoms with Crippen LogP contribution < -0.4 is 10.6 Å². The molecule has 1 saturated heterocycles. The summed E-state index contributed by atoms with van der Waals surface area (Å²) in [6.45, 7) is 5.38. The molecule has 1 aromatic rings. The van der Waals surface area contributed by atoms with E-state index in [1.165, 1.54) is 12.0 Å². The molecule has 0 radical (unpaired) electrons. The second-order valence-corrected chi connectivity index (χ2v) is 3.96. The highest BCUT2D eigenvalue weighted by Gasteiger charge is 2.13. The van der Waals surface area contributed by atoms with E-state index in [9.17, 15) is 0 Å². The first-order valence-electron chi connectivity index (χ1n) is 5.22. The number of nitrogens with one attached hydrogen (secondary N) is 2. The summed E-state index contributed by atoms with van der Waals surface area (Å²) >= 11 is 0. The molecule has 3 nitrogen and oxygen atoms in total. The van der Waals surface area contributed by atoms with Gasteiger partial charge in [0.15, 0.2) is 0 Å². The SMILES string of the molecule is Cc1ccc(NCC2CCNC2)nc1.Cl. The molecule has 4 heteroatoms. The van der Waals surface area contributed by atoms with E-state index in [2.05, 4.69) is 28.6 Å². The molecular weight excluding hydrogens is 210 g/mol. The van der Waals surface area contributed by atoms with Crippen LogP contribution in [0.25, 0.3) is 0 Å². The van der Waals surface area contributed by atoms with Crippen molar-refractivity contribution in [3.8, 4) is 0 Å². The number of aromatic nitrogens is 1. The predicted molar refractivity (Wildman–Crippen MR) is 65.7 cm³/mol. The molecule has 0 spiro atoms. The minimum absolute atomic E-state index is 0. The number of rotatable bonds is 3. The largest absolute Gasteiger partial charge is 0.370 e. The van der Waals surface area contributed by atoms with Crippen LogP contribution in [0.3, 0.4) is 0 Å². The average molecular weight is 228 g/mol. The van der Waals surface area contributed by atoms with Crippen molar-refractivity contribution in [3.63, 3.8) is 0 Å². The fourth-order valence-corrected chi connectivity index (χ4v) is 1.71. The molecule has 2 rings (SSSR count). The van der Waals surface area contributed by atoms with E-state index in [1.54, 1.807) is 0 Å². The van der Waals surface area contributed by atoms with Crippen LogP contribution in [0.2, 0.25) is 0 Å². The molecule has 15 heavy (non-hydrogen) atoms. The van der Waals surface area contributed by atoms with Crippen molar-refractivity contribution in [2.45, 2.75) is 13.3 Å². The van der Waals surface area contributed by atoms with Crippen molar-refractivity contribution in [1.82, 2.24) is 10.3 Å². The minimum Gasteiger partial charge on any atom is -0.370 e. The molecule has 1 atom stereocenters. The van der Waals surface area contributed by atoms with E-state index in [0.29, 0.717) is 0 Å². The molecule has 0 aromatic carbocycles. The number of pyridine rings is 1. The highest BCUT2D eigenvalue weighted by Crippen LogP contribution is 2.09. The third-order valence-corrected chi connectivity index (χ3v) is 2.65. The maximum absolute atomic E-state index is 4.31. The van der Waals surface area contributed by atoms with Gasteiger partial charge in [0.1, 0.15) is 5.82 Å². The zero-order valence-electron chi connectivity index (χ0n) is 8.99. The summed E-state index contributed by atoms with van der Waals surface area (Å²) in [5.41, 5.74) is 1.21. The maximum atomic E-state index is 4.31. The molecule has 2 heterocycles. The lowest BCUT2D eigenvalue weighted by Crippen LogP contribution is -2.17. The first kappa shape index (κ1) is 12.3. The smallest absolute Gasteiger partial charge is 0.125 e. The van der Waals surface area contributed by atoms with Crippen LogP contribution >= 0.6 is 12.4 Å². The molecule has 0 amide bonds. The van der Waals surface area contributed by atoms with Crippen molar-refractivity contribution in [2.24, 2.45) is 5.92 Å². The second-order valence-electron chi connectivity index (χ2n) is 3.96. The summed E-state index contributed by atoms with van der Waals surface area (Å²) in [4.78, 5) is 4.31. The van der Waals surface area contributed by atoms with Gasteiger partial charge in [0.25, 0.3) is 0 Å². The number of aryl methyl sites for hydroxylation is 1. The lowest BCUT2D eigenvalue weighted by molar-refractivity contribution is 0.614. The number of hydrogen-bond acceptors (Lipinski definition) is 3. The van der Waals surface area contributed by atoms with Crippen molar-refractivity contribution < 1.29 is 0 Å². The Morgan fingerprint density at radius 1 is 1.53 bits per heavy atom. The number of hydrogen-bond donors (Lipinski definition) is 2. The molecule has 1 aliphatic heterocycles. The Balaban J connectivity index is 0.00000112. The lowest BCUT2D eigenvalue weighted by atomic mass is 10.1. The van der Waals surface area contributed by atoms with Crippen LogP contribution in [0.15, 0.2) is 18.3 Å². The molecule has 1 unspecified atom stereocenters. The minimum atomic E-state index is 0.